The molecule has 0 unspecified atom stereocenters. The SMILES string of the molecule is [N-]=[N+]=NCc1ccc(C(=O)NCCN)c[n+]1[SiH3]. The van der Waals surface area contributed by atoms with Crippen LogP contribution in [-0.2, 0) is 6.54 Å². The molecule has 0 saturated carbocycles. The maximum atomic E-state index is 11.6. The molecule has 0 radical (unpaired) electrons. The van der Waals surface area contributed by atoms with Crippen molar-refractivity contribution in [1.82, 2.24) is 5.32 Å². The van der Waals surface area contributed by atoms with Gasteiger partial charge >= 0.3 is 10.4 Å². The van der Waals surface area contributed by atoms with E-state index in [1.54, 1.807) is 18.3 Å². The molecule has 0 aliphatic rings. The number of azide groups is 1. The first kappa shape index (κ1) is 13.2. The summed E-state index contributed by atoms with van der Waals surface area (Å²) in [5.41, 5.74) is 15.0. The molecule has 3 N–H and O–H groups in total. The highest BCUT2D eigenvalue weighted by Crippen LogP contribution is 1.99. The van der Waals surface area contributed by atoms with Gasteiger partial charge in [-0.05, 0) is 11.6 Å². The zero-order valence-corrected chi connectivity index (χ0v) is 11.6. The second-order valence-corrected chi connectivity index (χ2v) is 4.42. The Morgan fingerprint density at radius 1 is 1.65 bits per heavy atom. The van der Waals surface area contributed by atoms with Crippen molar-refractivity contribution in [3.8, 4) is 0 Å². The zero-order chi connectivity index (χ0) is 12.7. The molecule has 8 heteroatoms. The minimum Gasteiger partial charge on any atom is -0.351 e. The predicted octanol–water partition coefficient (Wildman–Crippen LogP) is -1.40. The number of hydrogen-bond acceptors (Lipinski definition) is 3. The number of hydrogen-bond donors (Lipinski definition) is 2. The number of carbonyl (C=O) groups excluding carboxylic acids is 1. The summed E-state index contributed by atoms with van der Waals surface area (Å²) < 4.78 is 1.89. The van der Waals surface area contributed by atoms with Gasteiger partial charge in [-0.2, -0.15) is 0 Å². The highest BCUT2D eigenvalue weighted by molar-refractivity contribution is 5.96. The predicted molar refractivity (Wildman–Crippen MR) is 66.2 cm³/mol. The summed E-state index contributed by atoms with van der Waals surface area (Å²) in [5.74, 6) is -0.143. The van der Waals surface area contributed by atoms with Crippen molar-refractivity contribution >= 4 is 16.3 Å². The Bertz CT molecular complexity index is 457. The molecule has 0 aliphatic carbocycles. The van der Waals surface area contributed by atoms with Gasteiger partial charge in [0.15, 0.2) is 11.9 Å². The molecule has 7 nitrogen and oxygen atoms in total. The van der Waals surface area contributed by atoms with Gasteiger partial charge in [-0.15, -0.1) is 0 Å². The van der Waals surface area contributed by atoms with Crippen molar-refractivity contribution in [1.29, 1.82) is 0 Å². The molecule has 0 saturated heterocycles. The van der Waals surface area contributed by atoms with Crippen molar-refractivity contribution in [2.75, 3.05) is 13.1 Å². The lowest BCUT2D eigenvalue weighted by Gasteiger charge is -2.03. The smallest absolute Gasteiger partial charge is 0.318 e. The van der Waals surface area contributed by atoms with Crippen LogP contribution in [0.2, 0.25) is 0 Å². The third kappa shape index (κ3) is 3.87. The molecule has 0 aromatic carbocycles. The molecular weight excluding hydrogens is 236 g/mol. The molecule has 1 aromatic heterocycles. The standard InChI is InChI=1S/C9H14N6OSi/c10-3-4-12-9(16)7-1-2-8(5-13-14-11)15(17)6-7/h1-2,6H,3-5,10H2,17H3/p+1. The maximum absolute atomic E-state index is 11.6. The average molecular weight is 251 g/mol. The molecule has 0 spiro atoms. The molecule has 1 amide bonds. The fourth-order valence-corrected chi connectivity index (χ4v) is 1.90. The van der Waals surface area contributed by atoms with Gasteiger partial charge in [-0.3, -0.25) is 9.03 Å². The second-order valence-electron chi connectivity index (χ2n) is 3.45. The van der Waals surface area contributed by atoms with Crippen LogP contribution < -0.4 is 15.3 Å². The summed E-state index contributed by atoms with van der Waals surface area (Å²) in [4.78, 5) is 14.3. The molecule has 0 fully saturated rings. The Kier molecular flexibility index (Phi) is 5.14. The summed E-state index contributed by atoms with van der Waals surface area (Å²) in [6.07, 6.45) is 1.75. The maximum Gasteiger partial charge on any atom is 0.318 e. The number of nitrogens with two attached hydrogens (primary N) is 1. The lowest BCUT2D eigenvalue weighted by atomic mass is 10.2. The largest absolute Gasteiger partial charge is 0.351 e. The van der Waals surface area contributed by atoms with E-state index in [2.05, 4.69) is 15.3 Å². The number of carbonyl (C=O) groups is 1. The topological polar surface area (TPSA) is 108 Å². The van der Waals surface area contributed by atoms with E-state index in [9.17, 15) is 4.79 Å². The van der Waals surface area contributed by atoms with Crippen LogP contribution >= 0.6 is 0 Å². The van der Waals surface area contributed by atoms with E-state index >= 15 is 0 Å². The van der Waals surface area contributed by atoms with Crippen LogP contribution in [0.5, 0.6) is 0 Å². The summed E-state index contributed by atoms with van der Waals surface area (Å²) in [6.45, 7) is 1.17. The van der Waals surface area contributed by atoms with Crippen molar-refractivity contribution < 1.29 is 9.03 Å². The summed E-state index contributed by atoms with van der Waals surface area (Å²) in [7, 11) is 0.720. The van der Waals surface area contributed by atoms with Gasteiger partial charge in [0.1, 0.15) is 12.1 Å². The monoisotopic (exact) mass is 251 g/mol. The van der Waals surface area contributed by atoms with Crippen LogP contribution in [-0.4, -0.2) is 29.4 Å². The first-order valence-electron chi connectivity index (χ1n) is 5.16. The molecule has 1 heterocycles. The Labute approximate surface area is 102 Å². The fourth-order valence-electron chi connectivity index (χ4n) is 1.33. The van der Waals surface area contributed by atoms with Crippen LogP contribution in [0, 0.1) is 0 Å². The van der Waals surface area contributed by atoms with Crippen LogP contribution in [0.25, 0.3) is 10.4 Å². The first-order valence-corrected chi connectivity index (χ1v) is 6.06. The quantitative estimate of drug-likeness (QED) is 0.290. The Balaban J connectivity index is 2.80. The Morgan fingerprint density at radius 3 is 3.00 bits per heavy atom. The number of nitrogens with one attached hydrogen (secondary N) is 1. The molecular formula is C9H15N6OSi+. The van der Waals surface area contributed by atoms with Crippen molar-refractivity contribution in [3.05, 3.63) is 40.0 Å². The second kappa shape index (κ2) is 6.64. The van der Waals surface area contributed by atoms with Crippen LogP contribution in [0.4, 0.5) is 0 Å². The lowest BCUT2D eigenvalue weighted by molar-refractivity contribution is -0.531. The summed E-state index contributed by atoms with van der Waals surface area (Å²) >= 11 is 0. The van der Waals surface area contributed by atoms with E-state index in [1.807, 2.05) is 4.23 Å². The molecule has 1 rings (SSSR count). The summed E-state index contributed by atoms with van der Waals surface area (Å²) in [6, 6.07) is 3.50. The number of amides is 1. The van der Waals surface area contributed by atoms with Gasteiger partial charge in [-0.1, -0.05) is 5.11 Å². The minimum absolute atomic E-state index is 0.143. The third-order valence-corrected chi connectivity index (χ3v) is 3.06. The van der Waals surface area contributed by atoms with Crippen LogP contribution in [0.3, 0.4) is 0 Å². The lowest BCUT2D eigenvalue weighted by Crippen LogP contribution is -2.38. The van der Waals surface area contributed by atoms with Gasteiger partial charge in [0.25, 0.3) is 5.91 Å². The van der Waals surface area contributed by atoms with E-state index in [0.29, 0.717) is 25.2 Å². The van der Waals surface area contributed by atoms with Crippen molar-refractivity contribution in [3.63, 3.8) is 0 Å². The van der Waals surface area contributed by atoms with Crippen LogP contribution in [0.1, 0.15) is 16.1 Å². The first-order chi connectivity index (χ1) is 8.19. The van der Waals surface area contributed by atoms with Gasteiger partial charge in [0.05, 0.1) is 0 Å². The fraction of sp³-hybridized carbons (Fsp3) is 0.333. The van der Waals surface area contributed by atoms with Gasteiger partial charge in [0.2, 0.25) is 0 Å². The zero-order valence-electron chi connectivity index (χ0n) is 9.63. The van der Waals surface area contributed by atoms with E-state index in [4.69, 9.17) is 11.3 Å². The highest BCUT2D eigenvalue weighted by Gasteiger charge is 2.11. The summed E-state index contributed by atoms with van der Waals surface area (Å²) in [5, 5.41) is 6.19. The minimum atomic E-state index is -0.143. The molecule has 17 heavy (non-hydrogen) atoms. The van der Waals surface area contributed by atoms with Crippen molar-refractivity contribution in [2.24, 2.45) is 10.8 Å². The molecule has 1 aromatic rings. The third-order valence-electron chi connectivity index (χ3n) is 2.23. The van der Waals surface area contributed by atoms with Gasteiger partial charge < -0.3 is 11.1 Å². The van der Waals surface area contributed by atoms with Gasteiger partial charge in [0, 0.05) is 24.1 Å². The number of rotatable bonds is 5. The highest BCUT2D eigenvalue weighted by atomic mass is 28.2. The molecule has 0 bridgehead atoms. The van der Waals surface area contributed by atoms with E-state index in [0.717, 1.165) is 16.1 Å². The Hall–Kier alpha value is -1.89. The van der Waals surface area contributed by atoms with Crippen LogP contribution in [0.15, 0.2) is 23.4 Å². The Morgan fingerprint density at radius 2 is 2.41 bits per heavy atom. The number of aromatic nitrogens is 1. The van der Waals surface area contributed by atoms with Gasteiger partial charge in [-0.25, -0.2) is 0 Å². The molecule has 0 atom stereocenters. The number of nitrogens with zero attached hydrogens (tertiary/aromatic N) is 4. The van der Waals surface area contributed by atoms with E-state index in [1.165, 1.54) is 0 Å². The van der Waals surface area contributed by atoms with E-state index in [-0.39, 0.29) is 5.91 Å². The normalized spacial score (nSPS) is 9.71. The van der Waals surface area contributed by atoms with E-state index < -0.39 is 0 Å². The average Bonchev–Trinajstić information content (AvgIpc) is 2.34. The molecule has 0 aliphatic heterocycles. The number of pyridine rings is 1. The van der Waals surface area contributed by atoms with Crippen molar-refractivity contribution in [2.45, 2.75) is 6.54 Å². The molecule has 90 valence electrons.